The summed E-state index contributed by atoms with van der Waals surface area (Å²) >= 11 is 3.48. The van der Waals surface area contributed by atoms with Gasteiger partial charge in [-0.2, -0.15) is 0 Å². The molecule has 0 heterocycles. The van der Waals surface area contributed by atoms with E-state index >= 15 is 0 Å². The fourth-order valence-electron chi connectivity index (χ4n) is 2.43. The average molecular weight is 350 g/mol. The molecule has 0 fully saturated rings. The molecule has 21 heavy (non-hydrogen) atoms. The monoisotopic (exact) mass is 349 g/mol. The highest BCUT2D eigenvalue weighted by Gasteiger charge is 2.12. The van der Waals surface area contributed by atoms with Crippen LogP contribution in [0.5, 0.6) is 11.5 Å². The minimum atomic E-state index is -0.0452. The van der Waals surface area contributed by atoms with Crippen LogP contribution in [0.2, 0.25) is 0 Å². The Hall–Kier alpha value is -1.52. The lowest BCUT2D eigenvalue weighted by atomic mass is 9.96. The van der Waals surface area contributed by atoms with Crippen molar-refractivity contribution in [3.63, 3.8) is 0 Å². The van der Waals surface area contributed by atoms with Gasteiger partial charge in [-0.05, 0) is 54.3 Å². The van der Waals surface area contributed by atoms with Crippen LogP contribution in [-0.4, -0.2) is 14.2 Å². The van der Waals surface area contributed by atoms with Gasteiger partial charge in [0.1, 0.15) is 0 Å². The van der Waals surface area contributed by atoms with Crippen molar-refractivity contribution in [2.45, 2.75) is 19.4 Å². The van der Waals surface area contributed by atoms with E-state index in [4.69, 9.17) is 15.2 Å². The summed E-state index contributed by atoms with van der Waals surface area (Å²) in [6.45, 7) is 2.08. The van der Waals surface area contributed by atoms with E-state index in [2.05, 4.69) is 35.0 Å². The van der Waals surface area contributed by atoms with E-state index in [1.54, 1.807) is 14.2 Å². The molecule has 0 aliphatic heterocycles. The van der Waals surface area contributed by atoms with Crippen molar-refractivity contribution in [1.29, 1.82) is 0 Å². The lowest BCUT2D eigenvalue weighted by molar-refractivity contribution is 0.354. The van der Waals surface area contributed by atoms with E-state index in [0.717, 1.165) is 33.5 Å². The number of hydrogen-bond acceptors (Lipinski definition) is 3. The van der Waals surface area contributed by atoms with Gasteiger partial charge in [0.05, 0.1) is 14.2 Å². The van der Waals surface area contributed by atoms with Crippen molar-refractivity contribution in [2.24, 2.45) is 5.73 Å². The second kappa shape index (κ2) is 6.96. The molecule has 0 saturated heterocycles. The van der Waals surface area contributed by atoms with Gasteiger partial charge >= 0.3 is 0 Å². The zero-order chi connectivity index (χ0) is 15.4. The van der Waals surface area contributed by atoms with Gasteiger partial charge in [-0.15, -0.1) is 0 Å². The molecule has 2 rings (SSSR count). The lowest BCUT2D eigenvalue weighted by Gasteiger charge is -2.16. The summed E-state index contributed by atoms with van der Waals surface area (Å²) in [5.41, 5.74) is 9.83. The maximum atomic E-state index is 6.35. The third kappa shape index (κ3) is 3.77. The zero-order valence-corrected chi connectivity index (χ0v) is 14.1. The number of halogens is 1. The summed E-state index contributed by atoms with van der Waals surface area (Å²) in [5.74, 6) is 1.46. The van der Waals surface area contributed by atoms with Gasteiger partial charge in [-0.3, -0.25) is 0 Å². The molecule has 0 amide bonds. The molecule has 0 radical (unpaired) electrons. The van der Waals surface area contributed by atoms with Crippen LogP contribution in [-0.2, 0) is 6.42 Å². The molecule has 0 aliphatic rings. The van der Waals surface area contributed by atoms with E-state index in [-0.39, 0.29) is 6.04 Å². The largest absolute Gasteiger partial charge is 0.493 e. The van der Waals surface area contributed by atoms with Crippen LogP contribution in [0.4, 0.5) is 0 Å². The summed E-state index contributed by atoms with van der Waals surface area (Å²) in [7, 11) is 3.27. The van der Waals surface area contributed by atoms with Crippen molar-refractivity contribution < 1.29 is 9.47 Å². The number of aryl methyl sites for hydroxylation is 1. The standard InChI is InChI=1S/C17H20BrNO2/c1-11-8-13(18)5-6-14(11)15(19)9-12-4-7-16(20-2)17(10-12)21-3/h4-8,10,15H,9,19H2,1-3H3. The van der Waals surface area contributed by atoms with Crippen molar-refractivity contribution in [3.8, 4) is 11.5 Å². The number of rotatable bonds is 5. The molecule has 3 nitrogen and oxygen atoms in total. The molecule has 0 aromatic heterocycles. The molecule has 112 valence electrons. The summed E-state index contributed by atoms with van der Waals surface area (Å²) in [4.78, 5) is 0. The van der Waals surface area contributed by atoms with Crippen LogP contribution in [0.1, 0.15) is 22.7 Å². The number of ether oxygens (including phenoxy) is 2. The Morgan fingerprint density at radius 3 is 2.38 bits per heavy atom. The summed E-state index contributed by atoms with van der Waals surface area (Å²) in [6, 6.07) is 12.1. The molecule has 1 atom stereocenters. The average Bonchev–Trinajstić information content (AvgIpc) is 2.46. The predicted molar refractivity (Wildman–Crippen MR) is 89.1 cm³/mol. The Balaban J connectivity index is 2.21. The third-order valence-corrected chi connectivity index (χ3v) is 4.03. The predicted octanol–water partition coefficient (Wildman–Crippen LogP) is 4.02. The topological polar surface area (TPSA) is 44.5 Å². The van der Waals surface area contributed by atoms with Crippen LogP contribution in [0.25, 0.3) is 0 Å². The highest BCUT2D eigenvalue weighted by molar-refractivity contribution is 9.10. The third-order valence-electron chi connectivity index (χ3n) is 3.53. The van der Waals surface area contributed by atoms with Gasteiger partial charge in [0.15, 0.2) is 11.5 Å². The van der Waals surface area contributed by atoms with E-state index < -0.39 is 0 Å². The zero-order valence-electron chi connectivity index (χ0n) is 12.5. The van der Waals surface area contributed by atoms with Crippen molar-refractivity contribution >= 4 is 15.9 Å². The molecular weight excluding hydrogens is 330 g/mol. The van der Waals surface area contributed by atoms with Crippen LogP contribution in [0.3, 0.4) is 0 Å². The minimum Gasteiger partial charge on any atom is -0.493 e. The van der Waals surface area contributed by atoms with E-state index in [1.807, 2.05) is 24.3 Å². The Morgan fingerprint density at radius 2 is 1.76 bits per heavy atom. The smallest absolute Gasteiger partial charge is 0.160 e. The number of benzene rings is 2. The fraction of sp³-hybridized carbons (Fsp3) is 0.294. The van der Waals surface area contributed by atoms with Crippen molar-refractivity contribution in [1.82, 2.24) is 0 Å². The second-order valence-electron chi connectivity index (χ2n) is 5.00. The van der Waals surface area contributed by atoms with Crippen LogP contribution < -0.4 is 15.2 Å². The molecular formula is C17H20BrNO2. The molecule has 2 aromatic rings. The first kappa shape index (κ1) is 15.9. The van der Waals surface area contributed by atoms with Crippen LogP contribution in [0, 0.1) is 6.92 Å². The maximum absolute atomic E-state index is 6.35. The first-order valence-corrected chi connectivity index (χ1v) is 7.57. The normalized spacial score (nSPS) is 12.0. The Bertz CT molecular complexity index is 628. The van der Waals surface area contributed by atoms with Gasteiger partial charge in [0, 0.05) is 10.5 Å². The number of hydrogen-bond donors (Lipinski definition) is 1. The summed E-state index contributed by atoms with van der Waals surface area (Å²) < 4.78 is 11.7. The number of nitrogens with two attached hydrogens (primary N) is 1. The minimum absolute atomic E-state index is 0.0452. The Morgan fingerprint density at radius 1 is 1.05 bits per heavy atom. The van der Waals surface area contributed by atoms with Crippen LogP contribution in [0.15, 0.2) is 40.9 Å². The van der Waals surface area contributed by atoms with Gasteiger partial charge in [0.2, 0.25) is 0 Å². The van der Waals surface area contributed by atoms with E-state index in [0.29, 0.717) is 0 Å². The Labute approximate surface area is 134 Å². The second-order valence-corrected chi connectivity index (χ2v) is 5.92. The van der Waals surface area contributed by atoms with E-state index in [9.17, 15) is 0 Å². The summed E-state index contributed by atoms with van der Waals surface area (Å²) in [5, 5.41) is 0. The first-order chi connectivity index (χ1) is 10.0. The van der Waals surface area contributed by atoms with Gasteiger partial charge in [-0.25, -0.2) is 0 Å². The van der Waals surface area contributed by atoms with Crippen molar-refractivity contribution in [2.75, 3.05) is 14.2 Å². The fourth-order valence-corrected chi connectivity index (χ4v) is 2.90. The van der Waals surface area contributed by atoms with Crippen molar-refractivity contribution in [3.05, 3.63) is 57.6 Å². The van der Waals surface area contributed by atoms with Gasteiger partial charge in [-0.1, -0.05) is 28.1 Å². The lowest BCUT2D eigenvalue weighted by Crippen LogP contribution is -2.14. The Kier molecular flexibility index (Phi) is 5.26. The highest BCUT2D eigenvalue weighted by atomic mass is 79.9. The van der Waals surface area contributed by atoms with E-state index in [1.165, 1.54) is 5.56 Å². The molecule has 0 aliphatic carbocycles. The molecule has 2 N–H and O–H groups in total. The molecule has 1 unspecified atom stereocenters. The summed E-state index contributed by atoms with van der Waals surface area (Å²) in [6.07, 6.45) is 0.753. The molecule has 0 bridgehead atoms. The first-order valence-electron chi connectivity index (χ1n) is 6.77. The highest BCUT2D eigenvalue weighted by Crippen LogP contribution is 2.30. The molecule has 2 aromatic carbocycles. The maximum Gasteiger partial charge on any atom is 0.160 e. The molecule has 4 heteroatoms. The van der Waals surface area contributed by atoms with Gasteiger partial charge < -0.3 is 15.2 Å². The molecule has 0 saturated carbocycles. The van der Waals surface area contributed by atoms with Gasteiger partial charge in [0.25, 0.3) is 0 Å². The molecule has 0 spiro atoms. The number of methoxy groups -OCH3 is 2. The SMILES string of the molecule is COc1ccc(CC(N)c2ccc(Br)cc2C)cc1OC. The van der Waals surface area contributed by atoms with Crippen LogP contribution >= 0.6 is 15.9 Å². The quantitative estimate of drug-likeness (QED) is 0.886.